The van der Waals surface area contributed by atoms with Crippen molar-refractivity contribution in [2.24, 2.45) is 5.92 Å². The lowest BCUT2D eigenvalue weighted by molar-refractivity contribution is 0.515. The molecule has 5 N–H and O–H groups in total. The van der Waals surface area contributed by atoms with Gasteiger partial charge >= 0.3 is 0 Å². The second-order valence-electron chi connectivity index (χ2n) is 4.11. The van der Waals surface area contributed by atoms with Gasteiger partial charge in [-0.3, -0.25) is 0 Å². The Bertz CT molecular complexity index is 350. The minimum absolute atomic E-state index is 0.407. The fourth-order valence-corrected chi connectivity index (χ4v) is 2.99. The van der Waals surface area contributed by atoms with E-state index in [0.29, 0.717) is 11.5 Å². The molecule has 0 unspecified atom stereocenters. The number of nitrogens with two attached hydrogens (primary N) is 2. The average molecular weight is 238 g/mol. The zero-order valence-electron chi connectivity index (χ0n) is 9.28. The van der Waals surface area contributed by atoms with Crippen molar-refractivity contribution in [1.29, 1.82) is 0 Å². The Morgan fingerprint density at radius 1 is 1.31 bits per heavy atom. The van der Waals surface area contributed by atoms with Crippen LogP contribution in [0.5, 0.6) is 0 Å². The summed E-state index contributed by atoms with van der Waals surface area (Å²) in [5.74, 6) is 4.56. The first-order valence-corrected chi connectivity index (χ1v) is 6.75. The van der Waals surface area contributed by atoms with Gasteiger partial charge in [0.25, 0.3) is 0 Å². The Hall–Kier alpha value is -1.10. The Morgan fingerprint density at radius 2 is 2.06 bits per heavy atom. The first kappa shape index (κ1) is 11.4. The molecule has 1 saturated heterocycles. The van der Waals surface area contributed by atoms with Gasteiger partial charge < -0.3 is 16.8 Å². The van der Waals surface area contributed by atoms with Crippen molar-refractivity contribution in [1.82, 2.24) is 4.98 Å². The number of aromatic nitrogens is 1. The number of nitrogens with zero attached hydrogens (tertiary/aromatic N) is 1. The molecular formula is C11H18N4S. The van der Waals surface area contributed by atoms with Crippen molar-refractivity contribution in [3.05, 3.63) is 12.1 Å². The van der Waals surface area contributed by atoms with E-state index in [4.69, 9.17) is 11.5 Å². The highest BCUT2D eigenvalue weighted by Gasteiger charge is 2.13. The predicted octanol–water partition coefficient (Wildman–Crippen LogP) is 1.80. The van der Waals surface area contributed by atoms with Gasteiger partial charge in [0.05, 0.1) is 5.69 Å². The first-order valence-electron chi connectivity index (χ1n) is 5.59. The van der Waals surface area contributed by atoms with Crippen molar-refractivity contribution >= 4 is 29.1 Å². The molecule has 1 aromatic rings. The maximum Gasteiger partial charge on any atom is 0.149 e. The molecule has 4 nitrogen and oxygen atoms in total. The quantitative estimate of drug-likeness (QED) is 0.748. The van der Waals surface area contributed by atoms with Crippen molar-refractivity contribution in [2.45, 2.75) is 12.8 Å². The van der Waals surface area contributed by atoms with E-state index < -0.39 is 0 Å². The van der Waals surface area contributed by atoms with Gasteiger partial charge in [-0.15, -0.1) is 0 Å². The van der Waals surface area contributed by atoms with Crippen LogP contribution in [0.25, 0.3) is 0 Å². The molecule has 5 heteroatoms. The molecule has 2 rings (SSSR count). The Labute approximate surface area is 100 Å². The van der Waals surface area contributed by atoms with Crippen LogP contribution in [0, 0.1) is 5.92 Å². The van der Waals surface area contributed by atoms with Gasteiger partial charge in [-0.1, -0.05) is 0 Å². The highest BCUT2D eigenvalue weighted by molar-refractivity contribution is 7.99. The summed E-state index contributed by atoms with van der Waals surface area (Å²) in [6.45, 7) is 0.983. The van der Waals surface area contributed by atoms with Crippen LogP contribution < -0.4 is 16.8 Å². The molecule has 1 fully saturated rings. The SMILES string of the molecule is Nc1ccc(NCC2CCSCC2)nc1N. The minimum atomic E-state index is 0.407. The maximum absolute atomic E-state index is 5.65. The Balaban J connectivity index is 1.86. The predicted molar refractivity (Wildman–Crippen MR) is 71.6 cm³/mol. The molecule has 2 heterocycles. The van der Waals surface area contributed by atoms with E-state index in [1.165, 1.54) is 24.3 Å². The molecule has 1 aliphatic heterocycles. The summed E-state index contributed by atoms with van der Waals surface area (Å²) in [5.41, 5.74) is 11.8. The lowest BCUT2D eigenvalue weighted by atomic mass is 10.0. The van der Waals surface area contributed by atoms with Crippen molar-refractivity contribution in [2.75, 3.05) is 34.8 Å². The number of hydrogen-bond donors (Lipinski definition) is 3. The molecule has 1 aromatic heterocycles. The van der Waals surface area contributed by atoms with Crippen LogP contribution in [0.2, 0.25) is 0 Å². The minimum Gasteiger partial charge on any atom is -0.396 e. The summed E-state index contributed by atoms with van der Waals surface area (Å²) in [4.78, 5) is 4.19. The normalized spacial score (nSPS) is 17.2. The third-order valence-corrected chi connectivity index (χ3v) is 3.92. The van der Waals surface area contributed by atoms with Gasteiger partial charge in [0.1, 0.15) is 11.6 Å². The topological polar surface area (TPSA) is 77.0 Å². The number of pyridine rings is 1. The molecule has 1 aliphatic rings. The van der Waals surface area contributed by atoms with Crippen LogP contribution in [0.3, 0.4) is 0 Å². The highest BCUT2D eigenvalue weighted by Crippen LogP contribution is 2.23. The van der Waals surface area contributed by atoms with E-state index in [1.54, 1.807) is 6.07 Å². The molecule has 0 spiro atoms. The molecule has 0 atom stereocenters. The van der Waals surface area contributed by atoms with Gasteiger partial charge in [0, 0.05) is 6.54 Å². The number of hydrogen-bond acceptors (Lipinski definition) is 5. The molecule has 88 valence electrons. The largest absolute Gasteiger partial charge is 0.396 e. The van der Waals surface area contributed by atoms with Crippen molar-refractivity contribution < 1.29 is 0 Å². The summed E-state index contributed by atoms with van der Waals surface area (Å²) in [6.07, 6.45) is 2.59. The second-order valence-corrected chi connectivity index (χ2v) is 5.33. The summed E-state index contributed by atoms with van der Waals surface area (Å²) in [7, 11) is 0. The summed E-state index contributed by atoms with van der Waals surface area (Å²) < 4.78 is 0. The third-order valence-electron chi connectivity index (χ3n) is 2.87. The van der Waals surface area contributed by atoms with Crippen LogP contribution >= 0.6 is 11.8 Å². The lowest BCUT2D eigenvalue weighted by Gasteiger charge is -2.21. The lowest BCUT2D eigenvalue weighted by Crippen LogP contribution is -2.19. The number of nitrogens with one attached hydrogen (secondary N) is 1. The molecule has 0 radical (unpaired) electrons. The van der Waals surface area contributed by atoms with Gasteiger partial charge in [-0.05, 0) is 42.4 Å². The van der Waals surface area contributed by atoms with Crippen molar-refractivity contribution in [3.63, 3.8) is 0 Å². The van der Waals surface area contributed by atoms with Crippen LogP contribution in [-0.2, 0) is 0 Å². The zero-order valence-corrected chi connectivity index (χ0v) is 10.1. The van der Waals surface area contributed by atoms with Crippen LogP contribution in [0.1, 0.15) is 12.8 Å². The van der Waals surface area contributed by atoms with Gasteiger partial charge in [0.15, 0.2) is 0 Å². The van der Waals surface area contributed by atoms with E-state index in [0.717, 1.165) is 18.3 Å². The first-order chi connectivity index (χ1) is 7.75. The van der Waals surface area contributed by atoms with Gasteiger partial charge in [-0.25, -0.2) is 4.98 Å². The Kier molecular flexibility index (Phi) is 3.77. The van der Waals surface area contributed by atoms with Gasteiger partial charge in [-0.2, -0.15) is 11.8 Å². The molecule has 0 aromatic carbocycles. The summed E-state index contributed by atoms with van der Waals surface area (Å²) in [5, 5.41) is 3.33. The monoisotopic (exact) mass is 238 g/mol. The fraction of sp³-hybridized carbons (Fsp3) is 0.545. The van der Waals surface area contributed by atoms with E-state index >= 15 is 0 Å². The molecule has 0 aliphatic carbocycles. The zero-order chi connectivity index (χ0) is 11.4. The number of thioether (sulfide) groups is 1. The van der Waals surface area contributed by atoms with E-state index in [9.17, 15) is 0 Å². The maximum atomic E-state index is 5.65. The molecule has 0 amide bonds. The number of rotatable bonds is 3. The van der Waals surface area contributed by atoms with E-state index in [-0.39, 0.29) is 0 Å². The molecule has 16 heavy (non-hydrogen) atoms. The third kappa shape index (κ3) is 2.95. The number of anilines is 3. The number of nitrogen functional groups attached to an aromatic ring is 2. The summed E-state index contributed by atoms with van der Waals surface area (Å²) in [6, 6.07) is 3.67. The second kappa shape index (κ2) is 5.30. The smallest absolute Gasteiger partial charge is 0.149 e. The van der Waals surface area contributed by atoms with Crippen LogP contribution in [0.15, 0.2) is 12.1 Å². The standard InChI is InChI=1S/C11H18N4S/c12-9-1-2-10(15-11(9)13)14-7-8-3-5-16-6-4-8/h1-2,8H,3-7,12H2,(H3,13,14,15). The molecule has 0 bridgehead atoms. The van der Waals surface area contributed by atoms with Gasteiger partial charge in [0.2, 0.25) is 0 Å². The average Bonchev–Trinajstić information content (AvgIpc) is 2.32. The fourth-order valence-electron chi connectivity index (χ4n) is 1.78. The Morgan fingerprint density at radius 3 is 2.75 bits per heavy atom. The molecular weight excluding hydrogens is 220 g/mol. The van der Waals surface area contributed by atoms with Crippen LogP contribution in [-0.4, -0.2) is 23.0 Å². The van der Waals surface area contributed by atoms with E-state index in [2.05, 4.69) is 10.3 Å². The van der Waals surface area contributed by atoms with Crippen molar-refractivity contribution in [3.8, 4) is 0 Å². The molecule has 0 saturated carbocycles. The summed E-state index contributed by atoms with van der Waals surface area (Å²) >= 11 is 2.04. The van der Waals surface area contributed by atoms with Crippen LogP contribution in [0.4, 0.5) is 17.3 Å². The highest BCUT2D eigenvalue weighted by atomic mass is 32.2. The van der Waals surface area contributed by atoms with E-state index in [1.807, 2.05) is 17.8 Å².